The molecule has 1 atom stereocenters. The van der Waals surface area contributed by atoms with Gasteiger partial charge in [0.1, 0.15) is 12.1 Å². The molecule has 1 aliphatic rings. The van der Waals surface area contributed by atoms with Crippen LogP contribution < -0.4 is 0 Å². The van der Waals surface area contributed by atoms with Gasteiger partial charge in [-0.1, -0.05) is 60.7 Å². The van der Waals surface area contributed by atoms with Gasteiger partial charge in [0, 0.05) is 13.0 Å². The number of hydrogen-bond donors (Lipinski definition) is 0. The topological polar surface area (TPSA) is 55.8 Å². The molecule has 148 valence electrons. The van der Waals surface area contributed by atoms with Crippen molar-refractivity contribution in [2.45, 2.75) is 44.8 Å². The second kappa shape index (κ2) is 9.40. The first-order valence-electron chi connectivity index (χ1n) is 9.85. The van der Waals surface area contributed by atoms with Crippen LogP contribution in [0.4, 0.5) is 4.79 Å². The summed E-state index contributed by atoms with van der Waals surface area (Å²) in [5, 5.41) is 0. The number of rotatable bonds is 6. The highest BCUT2D eigenvalue weighted by Crippen LogP contribution is 2.34. The number of nitrogens with zero attached hydrogens (tertiary/aromatic N) is 1. The summed E-state index contributed by atoms with van der Waals surface area (Å²) in [7, 11) is 0. The summed E-state index contributed by atoms with van der Waals surface area (Å²) in [6, 6.07) is 19.3. The summed E-state index contributed by atoms with van der Waals surface area (Å²) >= 11 is 0. The first-order valence-corrected chi connectivity index (χ1v) is 9.85. The van der Waals surface area contributed by atoms with Gasteiger partial charge < -0.3 is 9.47 Å². The van der Waals surface area contributed by atoms with Crippen molar-refractivity contribution in [2.75, 3.05) is 13.2 Å². The van der Waals surface area contributed by atoms with Crippen LogP contribution in [0.3, 0.4) is 0 Å². The Morgan fingerprint density at radius 3 is 2.21 bits per heavy atom. The lowest BCUT2D eigenvalue weighted by Crippen LogP contribution is -2.61. The number of benzene rings is 2. The van der Waals surface area contributed by atoms with Crippen LogP contribution in [0.1, 0.15) is 37.3 Å². The van der Waals surface area contributed by atoms with Gasteiger partial charge in [-0.25, -0.2) is 9.59 Å². The van der Waals surface area contributed by atoms with Crippen molar-refractivity contribution >= 4 is 12.1 Å². The maximum atomic E-state index is 13.0. The van der Waals surface area contributed by atoms with Gasteiger partial charge in [-0.15, -0.1) is 0 Å². The van der Waals surface area contributed by atoms with E-state index in [0.29, 0.717) is 19.4 Å². The van der Waals surface area contributed by atoms with Crippen LogP contribution in [0.25, 0.3) is 0 Å². The first-order chi connectivity index (χ1) is 13.7. The minimum absolute atomic E-state index is 0.181. The molecule has 2 aromatic rings. The molecular weight excluding hydrogens is 354 g/mol. The van der Waals surface area contributed by atoms with Crippen molar-refractivity contribution in [3.63, 3.8) is 0 Å². The molecule has 0 bridgehead atoms. The SMILES string of the molecule is CCOC(=O)[C@@]1(Cc2ccccc2)CCCCN1C(=O)OCc1ccccc1. The molecule has 0 radical (unpaired) electrons. The van der Waals surface area contributed by atoms with Gasteiger partial charge in [-0.2, -0.15) is 0 Å². The third-order valence-electron chi connectivity index (χ3n) is 5.16. The van der Waals surface area contributed by atoms with Crippen LogP contribution in [-0.4, -0.2) is 35.7 Å². The predicted octanol–water partition coefficient (Wildman–Crippen LogP) is 4.35. The number of carbonyl (C=O) groups is 2. The maximum absolute atomic E-state index is 13.0. The highest BCUT2D eigenvalue weighted by atomic mass is 16.6. The average Bonchev–Trinajstić information content (AvgIpc) is 2.74. The molecule has 0 spiro atoms. The lowest BCUT2D eigenvalue weighted by molar-refractivity contribution is -0.159. The largest absolute Gasteiger partial charge is 0.464 e. The van der Waals surface area contributed by atoms with Crippen LogP contribution in [0.2, 0.25) is 0 Å². The number of carbonyl (C=O) groups excluding carboxylic acids is 2. The number of ether oxygens (including phenoxy) is 2. The summed E-state index contributed by atoms with van der Waals surface area (Å²) in [6.07, 6.45) is 2.24. The molecule has 1 heterocycles. The minimum Gasteiger partial charge on any atom is -0.464 e. The molecule has 2 aromatic carbocycles. The number of hydrogen-bond acceptors (Lipinski definition) is 4. The van der Waals surface area contributed by atoms with Gasteiger partial charge in [0.15, 0.2) is 0 Å². The number of amides is 1. The quantitative estimate of drug-likeness (QED) is 0.698. The molecule has 1 amide bonds. The zero-order valence-electron chi connectivity index (χ0n) is 16.3. The van der Waals surface area contributed by atoms with Crippen molar-refractivity contribution in [3.05, 3.63) is 71.8 Å². The Balaban J connectivity index is 1.84. The number of esters is 1. The van der Waals surface area contributed by atoms with Gasteiger partial charge in [0.2, 0.25) is 0 Å². The Labute approximate surface area is 166 Å². The van der Waals surface area contributed by atoms with Gasteiger partial charge >= 0.3 is 12.1 Å². The highest BCUT2D eigenvalue weighted by molar-refractivity contribution is 5.86. The number of likely N-dealkylation sites (tertiary alicyclic amines) is 1. The van der Waals surface area contributed by atoms with E-state index in [-0.39, 0.29) is 19.2 Å². The second-order valence-corrected chi connectivity index (χ2v) is 7.06. The van der Waals surface area contributed by atoms with Crippen LogP contribution in [0.15, 0.2) is 60.7 Å². The van der Waals surface area contributed by atoms with E-state index in [2.05, 4.69) is 0 Å². The third-order valence-corrected chi connectivity index (χ3v) is 5.16. The fraction of sp³-hybridized carbons (Fsp3) is 0.391. The molecule has 1 saturated heterocycles. The Kier molecular flexibility index (Phi) is 6.69. The monoisotopic (exact) mass is 381 g/mol. The Hall–Kier alpha value is -2.82. The van der Waals surface area contributed by atoms with Gasteiger partial charge in [0.05, 0.1) is 6.61 Å². The maximum Gasteiger partial charge on any atom is 0.411 e. The van der Waals surface area contributed by atoms with Crippen molar-refractivity contribution in [1.29, 1.82) is 0 Å². The zero-order chi connectivity index (χ0) is 19.8. The van der Waals surface area contributed by atoms with E-state index in [4.69, 9.17) is 9.47 Å². The Morgan fingerprint density at radius 2 is 1.57 bits per heavy atom. The van der Waals surface area contributed by atoms with Crippen molar-refractivity contribution < 1.29 is 19.1 Å². The van der Waals surface area contributed by atoms with E-state index in [1.165, 1.54) is 0 Å². The van der Waals surface area contributed by atoms with Crippen LogP contribution in [0.5, 0.6) is 0 Å². The fourth-order valence-corrected chi connectivity index (χ4v) is 3.77. The summed E-state index contributed by atoms with van der Waals surface area (Å²) in [4.78, 5) is 27.6. The molecule has 28 heavy (non-hydrogen) atoms. The summed E-state index contributed by atoms with van der Waals surface area (Å²) < 4.78 is 11.0. The Morgan fingerprint density at radius 1 is 0.929 bits per heavy atom. The smallest absolute Gasteiger partial charge is 0.411 e. The van der Waals surface area contributed by atoms with Crippen molar-refractivity contribution in [3.8, 4) is 0 Å². The average molecular weight is 381 g/mol. The van der Waals surface area contributed by atoms with Gasteiger partial charge in [0.25, 0.3) is 0 Å². The molecule has 0 aromatic heterocycles. The summed E-state index contributed by atoms with van der Waals surface area (Å²) in [5.74, 6) is -0.352. The number of piperidine rings is 1. The predicted molar refractivity (Wildman–Crippen MR) is 107 cm³/mol. The van der Waals surface area contributed by atoms with E-state index in [1.807, 2.05) is 60.7 Å². The molecule has 0 N–H and O–H groups in total. The van der Waals surface area contributed by atoms with E-state index in [0.717, 1.165) is 24.0 Å². The van der Waals surface area contributed by atoms with E-state index >= 15 is 0 Å². The molecule has 0 aliphatic carbocycles. The normalized spacial score (nSPS) is 19.1. The van der Waals surface area contributed by atoms with Gasteiger partial charge in [-0.05, 0) is 37.3 Å². The first kappa shape index (κ1) is 19.9. The molecular formula is C23H27NO4. The molecule has 1 aliphatic heterocycles. The molecule has 5 heteroatoms. The van der Waals surface area contributed by atoms with E-state index in [1.54, 1.807) is 11.8 Å². The third kappa shape index (κ3) is 4.53. The van der Waals surface area contributed by atoms with E-state index in [9.17, 15) is 9.59 Å². The second-order valence-electron chi connectivity index (χ2n) is 7.06. The fourth-order valence-electron chi connectivity index (χ4n) is 3.77. The summed E-state index contributed by atoms with van der Waals surface area (Å²) in [6.45, 7) is 2.73. The van der Waals surface area contributed by atoms with Crippen molar-refractivity contribution in [2.24, 2.45) is 0 Å². The highest BCUT2D eigenvalue weighted by Gasteiger charge is 2.49. The van der Waals surface area contributed by atoms with E-state index < -0.39 is 11.6 Å². The molecule has 3 rings (SSSR count). The Bertz CT molecular complexity index is 778. The molecule has 1 fully saturated rings. The lowest BCUT2D eigenvalue weighted by atomic mass is 9.81. The summed E-state index contributed by atoms with van der Waals surface area (Å²) in [5.41, 5.74) is 0.889. The molecule has 0 unspecified atom stereocenters. The molecule has 0 saturated carbocycles. The van der Waals surface area contributed by atoms with Crippen LogP contribution in [0, 0.1) is 0 Å². The van der Waals surface area contributed by atoms with Crippen LogP contribution in [-0.2, 0) is 27.3 Å². The minimum atomic E-state index is -1.02. The van der Waals surface area contributed by atoms with Crippen LogP contribution >= 0.6 is 0 Å². The zero-order valence-corrected chi connectivity index (χ0v) is 16.3. The lowest BCUT2D eigenvalue weighted by Gasteiger charge is -2.44. The standard InChI is InChI=1S/C23H27NO4/c1-2-27-21(25)23(17-19-11-5-3-6-12-19)15-9-10-16-24(23)22(26)28-18-20-13-7-4-8-14-20/h3-8,11-14H,2,9-10,15-18H2,1H3/t23-/m0/s1. The molecule has 5 nitrogen and oxygen atoms in total. The van der Waals surface area contributed by atoms with Gasteiger partial charge in [-0.3, -0.25) is 4.90 Å². The van der Waals surface area contributed by atoms with Crippen molar-refractivity contribution in [1.82, 2.24) is 4.90 Å².